The van der Waals surface area contributed by atoms with E-state index < -0.39 is 0 Å². The van der Waals surface area contributed by atoms with Gasteiger partial charge in [0.15, 0.2) is 0 Å². The van der Waals surface area contributed by atoms with Crippen molar-refractivity contribution in [1.82, 2.24) is 10.2 Å². The second kappa shape index (κ2) is 4.45. The van der Waals surface area contributed by atoms with Gasteiger partial charge in [-0.25, -0.2) is 0 Å². The molecule has 1 amide bonds. The average molecular weight is 204 g/mol. The van der Waals surface area contributed by atoms with Crippen molar-refractivity contribution in [2.45, 2.75) is 13.0 Å². The first-order valence-electron chi connectivity index (χ1n) is 5.32. The van der Waals surface area contributed by atoms with E-state index in [0.717, 1.165) is 19.6 Å². The van der Waals surface area contributed by atoms with Crippen LogP contribution in [0.1, 0.15) is 18.5 Å². The minimum Gasteiger partial charge on any atom is -0.333 e. The van der Waals surface area contributed by atoms with Crippen LogP contribution in [0, 0.1) is 0 Å². The molecular weight excluding hydrogens is 188 g/mol. The molecule has 80 valence electrons. The normalized spacial score (nSPS) is 21.4. The summed E-state index contributed by atoms with van der Waals surface area (Å²) in [5.41, 5.74) is 1.21. The molecule has 2 rings (SSSR count). The van der Waals surface area contributed by atoms with Crippen molar-refractivity contribution < 1.29 is 4.79 Å². The van der Waals surface area contributed by atoms with Gasteiger partial charge in [0, 0.05) is 26.6 Å². The predicted molar refractivity (Wildman–Crippen MR) is 59.4 cm³/mol. The molecule has 1 fully saturated rings. The molecule has 0 aliphatic carbocycles. The Balaban J connectivity index is 2.22. The molecule has 15 heavy (non-hydrogen) atoms. The summed E-state index contributed by atoms with van der Waals surface area (Å²) in [4.78, 5) is 13.4. The first kappa shape index (κ1) is 10.2. The first-order valence-corrected chi connectivity index (χ1v) is 5.32. The van der Waals surface area contributed by atoms with E-state index in [2.05, 4.69) is 17.4 Å². The molecule has 1 saturated heterocycles. The Morgan fingerprint density at radius 1 is 1.40 bits per heavy atom. The number of amides is 1. The fraction of sp³-hybridized carbons (Fsp3) is 0.417. The molecule has 0 bridgehead atoms. The van der Waals surface area contributed by atoms with Gasteiger partial charge in [-0.3, -0.25) is 4.79 Å². The highest BCUT2D eigenvalue weighted by Gasteiger charge is 2.24. The molecule has 0 aromatic heterocycles. The highest BCUT2D eigenvalue weighted by molar-refractivity contribution is 5.74. The molecule has 1 aromatic carbocycles. The maximum Gasteiger partial charge on any atom is 0.220 e. The quantitative estimate of drug-likeness (QED) is 0.745. The molecule has 1 aliphatic rings. The third kappa shape index (κ3) is 2.18. The van der Waals surface area contributed by atoms with Crippen molar-refractivity contribution in [2.75, 3.05) is 19.6 Å². The summed E-state index contributed by atoms with van der Waals surface area (Å²) in [6.45, 7) is 4.18. The minimum atomic E-state index is 0.158. The van der Waals surface area contributed by atoms with Gasteiger partial charge in [0.05, 0.1) is 6.04 Å². The predicted octanol–water partition coefficient (Wildman–Crippen LogP) is 1.18. The Kier molecular flexibility index (Phi) is 3.02. The van der Waals surface area contributed by atoms with E-state index in [-0.39, 0.29) is 11.9 Å². The van der Waals surface area contributed by atoms with E-state index in [1.54, 1.807) is 6.92 Å². The van der Waals surface area contributed by atoms with Crippen LogP contribution in [0.5, 0.6) is 0 Å². The lowest BCUT2D eigenvalue weighted by Gasteiger charge is -2.35. The van der Waals surface area contributed by atoms with Crippen LogP contribution >= 0.6 is 0 Å². The second-order valence-corrected chi connectivity index (χ2v) is 3.84. The number of hydrogen-bond acceptors (Lipinski definition) is 2. The van der Waals surface area contributed by atoms with Crippen LogP contribution in [0.15, 0.2) is 30.3 Å². The number of nitrogens with one attached hydrogen (secondary N) is 1. The van der Waals surface area contributed by atoms with E-state index in [1.165, 1.54) is 5.56 Å². The van der Waals surface area contributed by atoms with Gasteiger partial charge in [-0.15, -0.1) is 0 Å². The maximum absolute atomic E-state index is 11.5. The van der Waals surface area contributed by atoms with Gasteiger partial charge >= 0.3 is 0 Å². The van der Waals surface area contributed by atoms with Gasteiger partial charge in [-0.1, -0.05) is 30.3 Å². The molecule has 0 spiro atoms. The number of benzene rings is 1. The van der Waals surface area contributed by atoms with Crippen molar-refractivity contribution in [3.8, 4) is 0 Å². The highest BCUT2D eigenvalue weighted by Crippen LogP contribution is 2.21. The fourth-order valence-electron chi connectivity index (χ4n) is 2.05. The summed E-state index contributed by atoms with van der Waals surface area (Å²) in [6, 6.07) is 10.4. The molecule has 1 heterocycles. The van der Waals surface area contributed by atoms with Crippen LogP contribution < -0.4 is 5.32 Å². The first-order chi connectivity index (χ1) is 7.29. The summed E-state index contributed by atoms with van der Waals surface area (Å²) in [5.74, 6) is 0.158. The number of nitrogens with zero attached hydrogens (tertiary/aromatic N) is 1. The SMILES string of the molecule is CC(=O)N1CCNCC1c1ccccc1. The molecular formula is C12H16N2O. The second-order valence-electron chi connectivity index (χ2n) is 3.84. The van der Waals surface area contributed by atoms with E-state index >= 15 is 0 Å². The van der Waals surface area contributed by atoms with Crippen molar-refractivity contribution in [1.29, 1.82) is 0 Å². The van der Waals surface area contributed by atoms with Crippen LogP contribution in [-0.4, -0.2) is 30.4 Å². The molecule has 1 aliphatic heterocycles. The molecule has 1 unspecified atom stereocenters. The molecule has 1 atom stereocenters. The molecule has 1 aromatic rings. The van der Waals surface area contributed by atoms with E-state index in [9.17, 15) is 4.79 Å². The van der Waals surface area contributed by atoms with Crippen LogP contribution in [0.2, 0.25) is 0 Å². The van der Waals surface area contributed by atoms with Gasteiger partial charge < -0.3 is 10.2 Å². The zero-order chi connectivity index (χ0) is 10.7. The maximum atomic E-state index is 11.5. The summed E-state index contributed by atoms with van der Waals surface area (Å²) in [6.07, 6.45) is 0. The topological polar surface area (TPSA) is 32.3 Å². The monoisotopic (exact) mass is 204 g/mol. The molecule has 0 saturated carbocycles. The zero-order valence-corrected chi connectivity index (χ0v) is 8.94. The van der Waals surface area contributed by atoms with Gasteiger partial charge in [-0.05, 0) is 5.56 Å². The van der Waals surface area contributed by atoms with Crippen LogP contribution in [0.3, 0.4) is 0 Å². The number of carbonyl (C=O) groups is 1. The Labute approximate surface area is 90.1 Å². The number of rotatable bonds is 1. The Bertz CT molecular complexity index is 337. The van der Waals surface area contributed by atoms with Crippen LogP contribution in [-0.2, 0) is 4.79 Å². The Morgan fingerprint density at radius 2 is 2.13 bits per heavy atom. The highest BCUT2D eigenvalue weighted by atomic mass is 16.2. The van der Waals surface area contributed by atoms with E-state index in [1.807, 2.05) is 23.1 Å². The lowest BCUT2D eigenvalue weighted by molar-refractivity contribution is -0.132. The van der Waals surface area contributed by atoms with Crippen molar-refractivity contribution >= 4 is 5.91 Å². The average Bonchev–Trinajstić information content (AvgIpc) is 2.30. The smallest absolute Gasteiger partial charge is 0.220 e. The molecule has 1 N–H and O–H groups in total. The number of hydrogen-bond donors (Lipinski definition) is 1. The minimum absolute atomic E-state index is 0.158. The molecule has 3 heteroatoms. The van der Waals surface area contributed by atoms with Crippen LogP contribution in [0.25, 0.3) is 0 Å². The fourth-order valence-corrected chi connectivity index (χ4v) is 2.05. The lowest BCUT2D eigenvalue weighted by Crippen LogP contribution is -2.47. The van der Waals surface area contributed by atoms with E-state index in [4.69, 9.17) is 0 Å². The largest absolute Gasteiger partial charge is 0.333 e. The van der Waals surface area contributed by atoms with Crippen molar-refractivity contribution in [2.24, 2.45) is 0 Å². The lowest BCUT2D eigenvalue weighted by atomic mass is 10.0. The van der Waals surface area contributed by atoms with Crippen LogP contribution in [0.4, 0.5) is 0 Å². The van der Waals surface area contributed by atoms with Gasteiger partial charge in [0.1, 0.15) is 0 Å². The standard InChI is InChI=1S/C12H16N2O/c1-10(15)14-8-7-13-9-12(14)11-5-3-2-4-6-11/h2-6,12-13H,7-9H2,1H3. The van der Waals surface area contributed by atoms with Crippen molar-refractivity contribution in [3.05, 3.63) is 35.9 Å². The van der Waals surface area contributed by atoms with Crippen molar-refractivity contribution in [3.63, 3.8) is 0 Å². The third-order valence-electron chi connectivity index (χ3n) is 2.83. The third-order valence-corrected chi connectivity index (χ3v) is 2.83. The number of piperazine rings is 1. The Hall–Kier alpha value is -1.35. The Morgan fingerprint density at radius 3 is 2.80 bits per heavy atom. The van der Waals surface area contributed by atoms with E-state index in [0.29, 0.717) is 0 Å². The van der Waals surface area contributed by atoms with Gasteiger partial charge in [0.25, 0.3) is 0 Å². The summed E-state index contributed by atoms with van der Waals surface area (Å²) >= 11 is 0. The molecule has 3 nitrogen and oxygen atoms in total. The zero-order valence-electron chi connectivity index (χ0n) is 8.94. The van der Waals surface area contributed by atoms with Gasteiger partial charge in [0.2, 0.25) is 5.91 Å². The summed E-state index contributed by atoms with van der Waals surface area (Å²) < 4.78 is 0. The van der Waals surface area contributed by atoms with Gasteiger partial charge in [-0.2, -0.15) is 0 Å². The molecule has 0 radical (unpaired) electrons. The number of carbonyl (C=O) groups excluding carboxylic acids is 1. The summed E-state index contributed by atoms with van der Waals surface area (Å²) in [5, 5.41) is 3.32. The summed E-state index contributed by atoms with van der Waals surface area (Å²) in [7, 11) is 0.